The zero-order chi connectivity index (χ0) is 12.7. The summed E-state index contributed by atoms with van der Waals surface area (Å²) in [5.74, 6) is -0.790. The molecule has 6 nitrogen and oxygen atoms in total. The van der Waals surface area contributed by atoms with Crippen molar-refractivity contribution in [3.05, 3.63) is 11.9 Å². The molecule has 1 aromatic rings. The van der Waals surface area contributed by atoms with Gasteiger partial charge in [-0.05, 0) is 32.7 Å². The first-order valence-electron chi connectivity index (χ1n) is 5.96. The van der Waals surface area contributed by atoms with Crippen LogP contribution in [-0.4, -0.2) is 39.2 Å². The van der Waals surface area contributed by atoms with E-state index in [2.05, 4.69) is 15.6 Å². The Labute approximate surface area is 123 Å². The molecule has 2 N–H and O–H groups in total. The standard InChI is InChI=1S/C11H20N4O2.3CH4/c1-3-9-8-15(14-13-9)7-5-4-6-10(12-2)11(16)17;;;/h8,10,12H,3-7H2,1-2H3,(H,16,17);3*1H4. The number of nitrogens with zero attached hydrogens (tertiary/aromatic N) is 3. The number of hydrogen-bond acceptors (Lipinski definition) is 4. The lowest BCUT2D eigenvalue weighted by atomic mass is 10.1. The van der Waals surface area contributed by atoms with Crippen molar-refractivity contribution in [3.8, 4) is 0 Å². The highest BCUT2D eigenvalue weighted by Crippen LogP contribution is 2.03. The maximum Gasteiger partial charge on any atom is 0.320 e. The van der Waals surface area contributed by atoms with Gasteiger partial charge in [0.15, 0.2) is 0 Å². The van der Waals surface area contributed by atoms with Crippen molar-refractivity contribution < 1.29 is 9.90 Å². The van der Waals surface area contributed by atoms with E-state index in [1.165, 1.54) is 0 Å². The van der Waals surface area contributed by atoms with Gasteiger partial charge in [-0.3, -0.25) is 9.48 Å². The van der Waals surface area contributed by atoms with E-state index in [1.54, 1.807) is 7.05 Å². The summed E-state index contributed by atoms with van der Waals surface area (Å²) in [6, 6.07) is -0.447. The van der Waals surface area contributed by atoms with Crippen LogP contribution in [0.25, 0.3) is 0 Å². The molecule has 0 saturated heterocycles. The molecule has 1 rings (SSSR count). The minimum absolute atomic E-state index is 0. The van der Waals surface area contributed by atoms with Crippen LogP contribution in [-0.2, 0) is 17.8 Å². The fourth-order valence-corrected chi connectivity index (χ4v) is 1.62. The van der Waals surface area contributed by atoms with E-state index in [4.69, 9.17) is 5.11 Å². The van der Waals surface area contributed by atoms with Crippen molar-refractivity contribution in [2.75, 3.05) is 7.05 Å². The Hall–Kier alpha value is -1.43. The molecule has 0 spiro atoms. The van der Waals surface area contributed by atoms with Gasteiger partial charge in [-0.15, -0.1) is 5.10 Å². The van der Waals surface area contributed by atoms with E-state index in [9.17, 15) is 4.79 Å². The number of nitrogens with one attached hydrogen (secondary N) is 1. The Bertz CT molecular complexity index is 353. The molecule has 0 bridgehead atoms. The third kappa shape index (κ3) is 7.89. The first-order valence-corrected chi connectivity index (χ1v) is 5.96. The van der Waals surface area contributed by atoms with Crippen LogP contribution >= 0.6 is 0 Å². The number of carboxylic acids is 1. The highest BCUT2D eigenvalue weighted by molar-refractivity contribution is 5.73. The number of unbranched alkanes of at least 4 members (excludes halogenated alkanes) is 1. The third-order valence-electron chi connectivity index (χ3n) is 2.72. The van der Waals surface area contributed by atoms with Gasteiger partial charge in [0, 0.05) is 12.7 Å². The van der Waals surface area contributed by atoms with Gasteiger partial charge in [-0.2, -0.15) is 0 Å². The SMILES string of the molecule is C.C.C.CCc1cn(CCCCC(NC)C(=O)O)nn1. The fraction of sp³-hybridized carbons (Fsp3) is 0.786. The second kappa shape index (κ2) is 12.6. The summed E-state index contributed by atoms with van der Waals surface area (Å²) in [4.78, 5) is 10.7. The summed E-state index contributed by atoms with van der Waals surface area (Å²) in [7, 11) is 1.67. The largest absolute Gasteiger partial charge is 0.480 e. The summed E-state index contributed by atoms with van der Waals surface area (Å²) in [5, 5.41) is 19.6. The molecule has 1 unspecified atom stereocenters. The molecule has 0 aromatic carbocycles. The normalized spacial score (nSPS) is 10.7. The minimum atomic E-state index is -0.790. The van der Waals surface area contributed by atoms with E-state index in [-0.39, 0.29) is 22.3 Å². The first kappa shape index (κ1) is 23.6. The third-order valence-corrected chi connectivity index (χ3v) is 2.72. The van der Waals surface area contributed by atoms with Crippen molar-refractivity contribution in [2.24, 2.45) is 0 Å². The van der Waals surface area contributed by atoms with Gasteiger partial charge in [0.1, 0.15) is 6.04 Å². The molecule has 1 atom stereocenters. The molecular weight excluding hydrogens is 256 g/mol. The molecule has 20 heavy (non-hydrogen) atoms. The Balaban J connectivity index is -0.000000963. The number of hydrogen-bond donors (Lipinski definition) is 2. The average Bonchev–Trinajstić information content (AvgIpc) is 2.76. The molecule has 0 fully saturated rings. The van der Waals surface area contributed by atoms with Crippen molar-refractivity contribution in [1.82, 2.24) is 20.3 Å². The maximum atomic E-state index is 10.7. The molecule has 0 aliphatic rings. The number of aryl methyl sites for hydroxylation is 2. The lowest BCUT2D eigenvalue weighted by Crippen LogP contribution is -2.33. The van der Waals surface area contributed by atoms with Gasteiger partial charge in [0.2, 0.25) is 0 Å². The number of rotatable bonds is 8. The molecule has 120 valence electrons. The Morgan fingerprint density at radius 3 is 2.50 bits per heavy atom. The zero-order valence-electron chi connectivity index (χ0n) is 10.4. The summed E-state index contributed by atoms with van der Waals surface area (Å²) >= 11 is 0. The second-order valence-corrected chi connectivity index (χ2v) is 4.00. The van der Waals surface area contributed by atoms with Gasteiger partial charge >= 0.3 is 5.97 Å². The average molecular weight is 288 g/mol. The van der Waals surface area contributed by atoms with Crippen LogP contribution in [0, 0.1) is 0 Å². The quantitative estimate of drug-likeness (QED) is 0.719. The predicted octanol–water partition coefficient (Wildman–Crippen LogP) is 2.59. The minimum Gasteiger partial charge on any atom is -0.480 e. The highest BCUT2D eigenvalue weighted by Gasteiger charge is 2.13. The van der Waals surface area contributed by atoms with E-state index >= 15 is 0 Å². The van der Waals surface area contributed by atoms with E-state index in [1.807, 2.05) is 17.8 Å². The molecule has 0 amide bonds. The van der Waals surface area contributed by atoms with Crippen molar-refractivity contribution >= 4 is 5.97 Å². The van der Waals surface area contributed by atoms with Crippen LogP contribution in [0.2, 0.25) is 0 Å². The molecule has 0 saturated carbocycles. The summed E-state index contributed by atoms with van der Waals surface area (Å²) in [6.45, 7) is 2.84. The molecule has 6 heteroatoms. The number of aliphatic carboxylic acids is 1. The van der Waals surface area contributed by atoms with Crippen LogP contribution < -0.4 is 5.32 Å². The van der Waals surface area contributed by atoms with E-state index in [0.29, 0.717) is 6.42 Å². The van der Waals surface area contributed by atoms with Crippen LogP contribution in [0.15, 0.2) is 6.20 Å². The smallest absolute Gasteiger partial charge is 0.320 e. The van der Waals surface area contributed by atoms with Gasteiger partial charge in [0.25, 0.3) is 0 Å². The highest BCUT2D eigenvalue weighted by atomic mass is 16.4. The Morgan fingerprint density at radius 1 is 1.40 bits per heavy atom. The van der Waals surface area contributed by atoms with Crippen LogP contribution in [0.1, 0.15) is 54.2 Å². The number of likely N-dealkylation sites (N-methyl/N-ethyl adjacent to an activating group) is 1. The molecule has 0 aliphatic carbocycles. The Kier molecular flexibility index (Phi) is 14.9. The first-order chi connectivity index (χ1) is 8.17. The van der Waals surface area contributed by atoms with Crippen molar-refractivity contribution in [1.29, 1.82) is 0 Å². The molecule has 1 heterocycles. The molecule has 1 aromatic heterocycles. The zero-order valence-corrected chi connectivity index (χ0v) is 10.4. The van der Waals surface area contributed by atoms with Gasteiger partial charge in [0.05, 0.1) is 5.69 Å². The summed E-state index contributed by atoms with van der Waals surface area (Å²) in [5.41, 5.74) is 0.989. The van der Waals surface area contributed by atoms with Crippen LogP contribution in [0.5, 0.6) is 0 Å². The van der Waals surface area contributed by atoms with Crippen molar-refractivity contribution in [3.63, 3.8) is 0 Å². The van der Waals surface area contributed by atoms with Crippen molar-refractivity contribution in [2.45, 2.75) is 67.5 Å². The topological polar surface area (TPSA) is 80.0 Å². The number of aromatic nitrogens is 3. The van der Waals surface area contributed by atoms with Crippen LogP contribution in [0.4, 0.5) is 0 Å². The summed E-state index contributed by atoms with van der Waals surface area (Å²) < 4.78 is 1.81. The predicted molar refractivity (Wildman–Crippen MR) is 83.9 cm³/mol. The monoisotopic (exact) mass is 288 g/mol. The fourth-order valence-electron chi connectivity index (χ4n) is 1.62. The maximum absolute atomic E-state index is 10.7. The van der Waals surface area contributed by atoms with Gasteiger partial charge < -0.3 is 10.4 Å². The molecule has 0 aliphatic heterocycles. The number of carboxylic acid groups (broad SMARTS) is 1. The Morgan fingerprint density at radius 2 is 2.05 bits per heavy atom. The molecular formula is C14H32N4O2. The summed E-state index contributed by atoms with van der Waals surface area (Å²) in [6.07, 6.45) is 5.24. The van der Waals surface area contributed by atoms with E-state index < -0.39 is 12.0 Å². The van der Waals surface area contributed by atoms with Gasteiger partial charge in [-0.1, -0.05) is 34.4 Å². The lowest BCUT2D eigenvalue weighted by molar-refractivity contribution is -0.139. The van der Waals surface area contributed by atoms with Gasteiger partial charge in [-0.25, -0.2) is 0 Å². The van der Waals surface area contributed by atoms with Crippen LogP contribution in [0.3, 0.4) is 0 Å². The van der Waals surface area contributed by atoms with E-state index in [0.717, 1.165) is 31.5 Å². The lowest BCUT2D eigenvalue weighted by Gasteiger charge is -2.10. The second-order valence-electron chi connectivity index (χ2n) is 4.00. The molecule has 0 radical (unpaired) electrons. The number of carbonyl (C=O) groups is 1.